The number of rotatable bonds is 2. The maximum Gasteiger partial charge on any atom is 0.308 e. The fourth-order valence-corrected chi connectivity index (χ4v) is 1.68. The van der Waals surface area contributed by atoms with Crippen LogP contribution in [0.5, 0.6) is 0 Å². The highest BCUT2D eigenvalue weighted by Gasteiger charge is 2.32. The van der Waals surface area contributed by atoms with E-state index in [4.69, 9.17) is 0 Å². The van der Waals surface area contributed by atoms with Crippen molar-refractivity contribution in [2.75, 3.05) is 7.11 Å². The lowest BCUT2D eigenvalue weighted by Gasteiger charge is -2.23. The third-order valence-electron chi connectivity index (χ3n) is 2.47. The van der Waals surface area contributed by atoms with Crippen molar-refractivity contribution in [2.45, 2.75) is 12.5 Å². The summed E-state index contributed by atoms with van der Waals surface area (Å²) in [5.41, 5.74) is 0.369. The Bertz CT molecular complexity index is 463. The predicted octanol–water partition coefficient (Wildman–Crippen LogP) is -0.138. The van der Waals surface area contributed by atoms with Crippen molar-refractivity contribution in [3.05, 3.63) is 24.0 Å². The van der Waals surface area contributed by atoms with Gasteiger partial charge in [-0.15, -0.1) is 0 Å². The van der Waals surface area contributed by atoms with Gasteiger partial charge in [0, 0.05) is 6.20 Å². The standard InChI is InChI=1S/C10H10N2O4/c1-16-8(13)5-7-10(15)11-9(14)6-3-2-4-12(6)7/h2-4,7H,5H2,1H3,(H,11,14,15)/t7-/m1/s1. The minimum absolute atomic E-state index is 0.0860. The smallest absolute Gasteiger partial charge is 0.308 e. The molecule has 0 aliphatic carbocycles. The summed E-state index contributed by atoms with van der Waals surface area (Å²) in [5.74, 6) is -1.43. The molecular formula is C10H10N2O4. The number of hydrogen-bond donors (Lipinski definition) is 1. The minimum atomic E-state index is -0.713. The maximum absolute atomic E-state index is 11.6. The Labute approximate surface area is 91.2 Å². The number of carbonyl (C=O) groups excluding carboxylic acids is 3. The van der Waals surface area contributed by atoms with Crippen LogP contribution in [0.4, 0.5) is 0 Å². The van der Waals surface area contributed by atoms with Crippen LogP contribution in [-0.4, -0.2) is 29.5 Å². The summed E-state index contributed by atoms with van der Waals surface area (Å²) >= 11 is 0. The van der Waals surface area contributed by atoms with Crippen molar-refractivity contribution in [3.8, 4) is 0 Å². The van der Waals surface area contributed by atoms with E-state index in [-0.39, 0.29) is 6.42 Å². The van der Waals surface area contributed by atoms with Gasteiger partial charge in [0.1, 0.15) is 11.7 Å². The normalized spacial score (nSPS) is 18.9. The monoisotopic (exact) mass is 222 g/mol. The number of esters is 1. The first kappa shape index (κ1) is 10.4. The Morgan fingerprint density at radius 3 is 3.00 bits per heavy atom. The third kappa shape index (κ3) is 1.58. The molecule has 6 heteroatoms. The molecule has 0 fully saturated rings. The zero-order valence-electron chi connectivity index (χ0n) is 8.60. The summed E-state index contributed by atoms with van der Waals surface area (Å²) in [6.45, 7) is 0. The van der Waals surface area contributed by atoms with E-state index in [0.717, 1.165) is 0 Å². The fourth-order valence-electron chi connectivity index (χ4n) is 1.68. The maximum atomic E-state index is 11.6. The van der Waals surface area contributed by atoms with Gasteiger partial charge in [0.05, 0.1) is 13.5 Å². The number of nitrogens with one attached hydrogen (secondary N) is 1. The topological polar surface area (TPSA) is 77.4 Å². The number of amides is 2. The molecule has 1 N–H and O–H groups in total. The molecule has 16 heavy (non-hydrogen) atoms. The molecule has 2 amide bonds. The Hall–Kier alpha value is -2.11. The molecule has 1 aromatic rings. The molecule has 0 spiro atoms. The molecule has 0 radical (unpaired) electrons. The van der Waals surface area contributed by atoms with Crippen LogP contribution in [0.15, 0.2) is 18.3 Å². The van der Waals surface area contributed by atoms with E-state index in [1.807, 2.05) is 0 Å². The highest BCUT2D eigenvalue weighted by atomic mass is 16.5. The second-order valence-electron chi connectivity index (χ2n) is 3.42. The lowest BCUT2D eigenvalue weighted by Crippen LogP contribution is -2.44. The number of carbonyl (C=O) groups is 3. The molecule has 0 saturated carbocycles. The molecule has 6 nitrogen and oxygen atoms in total. The van der Waals surface area contributed by atoms with Crippen molar-refractivity contribution in [3.63, 3.8) is 0 Å². The van der Waals surface area contributed by atoms with Gasteiger partial charge in [-0.25, -0.2) is 0 Å². The van der Waals surface area contributed by atoms with Crippen LogP contribution in [0.25, 0.3) is 0 Å². The van der Waals surface area contributed by atoms with Gasteiger partial charge in [0.2, 0.25) is 0 Å². The summed E-state index contributed by atoms with van der Waals surface area (Å²) in [4.78, 5) is 34.1. The van der Waals surface area contributed by atoms with E-state index in [1.165, 1.54) is 11.7 Å². The molecule has 84 valence electrons. The fraction of sp³-hybridized carbons (Fsp3) is 0.300. The number of imide groups is 1. The first-order chi connectivity index (χ1) is 7.63. The molecule has 1 atom stereocenters. The molecule has 1 aliphatic rings. The average Bonchev–Trinajstić information content (AvgIpc) is 2.73. The number of hydrogen-bond acceptors (Lipinski definition) is 4. The van der Waals surface area contributed by atoms with Crippen LogP contribution in [0.1, 0.15) is 23.0 Å². The van der Waals surface area contributed by atoms with E-state index in [1.54, 1.807) is 18.3 Å². The van der Waals surface area contributed by atoms with Crippen LogP contribution in [0.2, 0.25) is 0 Å². The van der Waals surface area contributed by atoms with E-state index >= 15 is 0 Å². The van der Waals surface area contributed by atoms with E-state index < -0.39 is 23.8 Å². The Morgan fingerprint density at radius 2 is 2.31 bits per heavy atom. The second kappa shape index (κ2) is 3.80. The van der Waals surface area contributed by atoms with Crippen LogP contribution in [0, 0.1) is 0 Å². The molecule has 2 heterocycles. The number of fused-ring (bicyclic) bond motifs is 1. The van der Waals surface area contributed by atoms with Gasteiger partial charge in [-0.1, -0.05) is 0 Å². The van der Waals surface area contributed by atoms with Gasteiger partial charge in [-0.05, 0) is 12.1 Å². The average molecular weight is 222 g/mol. The first-order valence-electron chi connectivity index (χ1n) is 4.72. The summed E-state index contributed by atoms with van der Waals surface area (Å²) in [6, 6.07) is 2.53. The molecule has 0 aromatic carbocycles. The molecular weight excluding hydrogens is 212 g/mol. The van der Waals surface area contributed by atoms with Gasteiger partial charge in [0.15, 0.2) is 0 Å². The van der Waals surface area contributed by atoms with Crippen molar-refractivity contribution in [1.29, 1.82) is 0 Å². The Balaban J connectivity index is 2.33. The zero-order chi connectivity index (χ0) is 11.7. The number of methoxy groups -OCH3 is 1. The van der Waals surface area contributed by atoms with Gasteiger partial charge in [-0.2, -0.15) is 0 Å². The largest absolute Gasteiger partial charge is 0.469 e. The molecule has 1 aromatic heterocycles. The predicted molar refractivity (Wildman–Crippen MR) is 52.6 cm³/mol. The van der Waals surface area contributed by atoms with Crippen molar-refractivity contribution in [2.24, 2.45) is 0 Å². The molecule has 1 aliphatic heterocycles. The van der Waals surface area contributed by atoms with Gasteiger partial charge in [0.25, 0.3) is 11.8 Å². The Morgan fingerprint density at radius 1 is 1.56 bits per heavy atom. The molecule has 0 bridgehead atoms. The summed E-state index contributed by atoms with van der Waals surface area (Å²) in [6.07, 6.45) is 1.51. The van der Waals surface area contributed by atoms with Crippen molar-refractivity contribution < 1.29 is 19.1 Å². The third-order valence-corrected chi connectivity index (χ3v) is 2.47. The number of ether oxygens (including phenoxy) is 1. The van der Waals surface area contributed by atoms with Crippen molar-refractivity contribution >= 4 is 17.8 Å². The van der Waals surface area contributed by atoms with Crippen LogP contribution in [0.3, 0.4) is 0 Å². The van der Waals surface area contributed by atoms with Crippen molar-refractivity contribution in [1.82, 2.24) is 9.88 Å². The summed E-state index contributed by atoms with van der Waals surface area (Å²) in [5, 5.41) is 2.19. The second-order valence-corrected chi connectivity index (χ2v) is 3.42. The molecule has 0 saturated heterocycles. The number of nitrogens with zero attached hydrogens (tertiary/aromatic N) is 1. The number of aromatic nitrogens is 1. The quantitative estimate of drug-likeness (QED) is 0.558. The van der Waals surface area contributed by atoms with Crippen LogP contribution >= 0.6 is 0 Å². The first-order valence-corrected chi connectivity index (χ1v) is 4.72. The van der Waals surface area contributed by atoms with Gasteiger partial charge < -0.3 is 9.30 Å². The lowest BCUT2D eigenvalue weighted by molar-refractivity contribution is -0.143. The van der Waals surface area contributed by atoms with Gasteiger partial charge in [-0.3, -0.25) is 19.7 Å². The molecule has 2 rings (SSSR count). The van der Waals surface area contributed by atoms with E-state index in [0.29, 0.717) is 5.69 Å². The highest BCUT2D eigenvalue weighted by molar-refractivity contribution is 6.08. The SMILES string of the molecule is COC(=O)C[C@@H]1C(=O)NC(=O)c2cccn21. The Kier molecular flexibility index (Phi) is 2.47. The highest BCUT2D eigenvalue weighted by Crippen LogP contribution is 2.20. The van der Waals surface area contributed by atoms with Gasteiger partial charge >= 0.3 is 5.97 Å². The zero-order valence-corrected chi connectivity index (χ0v) is 8.60. The molecule has 0 unspecified atom stereocenters. The van der Waals surface area contributed by atoms with Crippen LogP contribution in [-0.2, 0) is 14.3 Å². The lowest BCUT2D eigenvalue weighted by atomic mass is 10.1. The van der Waals surface area contributed by atoms with Crippen LogP contribution < -0.4 is 5.32 Å². The van der Waals surface area contributed by atoms with E-state index in [9.17, 15) is 14.4 Å². The summed E-state index contributed by atoms with van der Waals surface area (Å²) in [7, 11) is 1.25. The summed E-state index contributed by atoms with van der Waals surface area (Å²) < 4.78 is 5.99. The van der Waals surface area contributed by atoms with E-state index in [2.05, 4.69) is 10.1 Å². The minimum Gasteiger partial charge on any atom is -0.469 e.